The number of anilines is 6. The molecule has 9 aromatic rings. The van der Waals surface area contributed by atoms with E-state index in [9.17, 15) is 0 Å². The minimum Gasteiger partial charge on any atom is -0.319 e. The largest absolute Gasteiger partial charge is 0.319 e. The van der Waals surface area contributed by atoms with Gasteiger partial charge in [-0.3, -0.25) is 0 Å². The molecular formula is C67H70BN3S. The molecule has 0 atom stereocenters. The van der Waals surface area contributed by atoms with Crippen molar-refractivity contribution in [2.45, 2.75) is 142 Å². The van der Waals surface area contributed by atoms with Crippen molar-refractivity contribution in [2.75, 3.05) is 9.80 Å². The van der Waals surface area contributed by atoms with E-state index in [1.807, 2.05) is 11.3 Å². The quantitative estimate of drug-likeness (QED) is 0.163. The third kappa shape index (κ3) is 6.88. The summed E-state index contributed by atoms with van der Waals surface area (Å²) in [5.41, 5.74) is 21.4. The molecule has 3 nitrogen and oxygen atoms in total. The summed E-state index contributed by atoms with van der Waals surface area (Å²) < 4.78 is 5.39. The predicted molar refractivity (Wildman–Crippen MR) is 313 cm³/mol. The van der Waals surface area contributed by atoms with Gasteiger partial charge in [-0.1, -0.05) is 156 Å². The average molecular weight is 960 g/mol. The lowest BCUT2D eigenvalue weighted by Crippen LogP contribution is -2.63. The molecule has 362 valence electrons. The lowest BCUT2D eigenvalue weighted by atomic mass is 9.34. The number of fused-ring (bicyclic) bond motifs is 12. The first kappa shape index (κ1) is 45.8. The van der Waals surface area contributed by atoms with Crippen molar-refractivity contribution >= 4 is 99.8 Å². The van der Waals surface area contributed by atoms with Gasteiger partial charge in [0.25, 0.3) is 6.71 Å². The standard InChI is InChI=1S/C67H70BN3S/c1-63(2,3)42-17-24-47(25-18-42)69-53-31-23-45(66(10,11)12)37-52(53)68-59-55(69)38-46(67-35-33-41(40-67)34-36-67)39-56(59)70(48-26-19-43(20-27-48)64(4,5)6)60-58-54(32-30-51-50-15-13-14-16-57(50)72-61(51)58)71(62(60)68)49-28-21-44(22-29-49)65(7,8)9/h13-32,37-39,41H,33-36,40H2,1-12H3. The molecule has 2 bridgehead atoms. The molecule has 4 aliphatic rings. The number of benzene rings is 7. The van der Waals surface area contributed by atoms with E-state index < -0.39 is 0 Å². The highest BCUT2D eigenvalue weighted by atomic mass is 32.1. The van der Waals surface area contributed by atoms with Crippen molar-refractivity contribution in [3.63, 3.8) is 0 Å². The van der Waals surface area contributed by atoms with Crippen LogP contribution in [0.15, 0.2) is 140 Å². The molecule has 0 amide bonds. The van der Waals surface area contributed by atoms with Crippen LogP contribution >= 0.6 is 11.3 Å². The van der Waals surface area contributed by atoms with E-state index in [1.165, 1.54) is 147 Å². The van der Waals surface area contributed by atoms with Gasteiger partial charge in [-0.15, -0.1) is 11.3 Å². The van der Waals surface area contributed by atoms with Gasteiger partial charge in [0.05, 0.1) is 11.2 Å². The Labute approximate surface area is 433 Å². The molecule has 0 spiro atoms. The highest BCUT2D eigenvalue weighted by Gasteiger charge is 2.51. The van der Waals surface area contributed by atoms with Crippen LogP contribution in [0.25, 0.3) is 36.8 Å². The maximum atomic E-state index is 2.75. The zero-order valence-electron chi connectivity index (χ0n) is 44.7. The van der Waals surface area contributed by atoms with Gasteiger partial charge >= 0.3 is 0 Å². The Morgan fingerprint density at radius 2 is 1.04 bits per heavy atom. The number of nitrogens with zero attached hydrogens (tertiary/aromatic N) is 3. The van der Waals surface area contributed by atoms with Crippen LogP contribution in [0.4, 0.5) is 34.1 Å². The molecule has 0 radical (unpaired) electrons. The molecule has 0 saturated heterocycles. The number of hydrogen-bond acceptors (Lipinski definition) is 3. The third-order valence-corrected chi connectivity index (χ3v) is 18.9. The summed E-state index contributed by atoms with van der Waals surface area (Å²) in [5.74, 6) is 0.819. The van der Waals surface area contributed by atoms with Gasteiger partial charge in [0.15, 0.2) is 0 Å². The van der Waals surface area contributed by atoms with Crippen LogP contribution in [0.3, 0.4) is 0 Å². The average Bonchev–Trinajstić information content (AvgIpc) is 4.14. The van der Waals surface area contributed by atoms with Crippen molar-refractivity contribution in [3.05, 3.63) is 167 Å². The number of rotatable bonds is 4. The van der Waals surface area contributed by atoms with E-state index in [2.05, 4.69) is 237 Å². The van der Waals surface area contributed by atoms with Crippen LogP contribution in [0.5, 0.6) is 0 Å². The second-order valence-corrected chi connectivity index (χ2v) is 27.4. The van der Waals surface area contributed by atoms with E-state index in [0.717, 1.165) is 5.92 Å². The molecule has 2 aliphatic heterocycles. The number of thiophene rings is 1. The van der Waals surface area contributed by atoms with Gasteiger partial charge in [0.2, 0.25) is 0 Å². The molecule has 0 unspecified atom stereocenters. The Morgan fingerprint density at radius 3 is 1.60 bits per heavy atom. The SMILES string of the molecule is CC(C)(C)c1ccc(N2c3ccc(C(C)(C)C)cc3B3c4c2cc(C25CCC(CC2)C5)cc4N(c2ccc(C(C)(C)C)cc2)c2c3n(-c3ccc(C(C)(C)C)cc3)c3ccc4c5ccccc5sc4c23)cc1. The van der Waals surface area contributed by atoms with E-state index in [0.29, 0.717) is 0 Å². The minimum atomic E-state index is -0.0666. The molecule has 2 saturated carbocycles. The Kier molecular flexibility index (Phi) is 9.86. The molecular weight excluding hydrogens is 890 g/mol. The maximum absolute atomic E-state index is 2.75. The first-order valence-electron chi connectivity index (χ1n) is 26.9. The summed E-state index contributed by atoms with van der Waals surface area (Å²) in [5, 5.41) is 4.01. The lowest BCUT2D eigenvalue weighted by molar-refractivity contribution is 0.419. The van der Waals surface area contributed by atoms with Crippen LogP contribution in [-0.2, 0) is 27.1 Å². The molecule has 2 aliphatic carbocycles. The molecule has 5 heteroatoms. The third-order valence-electron chi connectivity index (χ3n) is 17.7. The van der Waals surface area contributed by atoms with Crippen molar-refractivity contribution in [2.24, 2.45) is 5.92 Å². The van der Waals surface area contributed by atoms with E-state index in [4.69, 9.17) is 0 Å². The summed E-state index contributed by atoms with van der Waals surface area (Å²) in [7, 11) is 0. The Morgan fingerprint density at radius 1 is 0.514 bits per heavy atom. The maximum Gasteiger partial charge on any atom is 0.273 e. The van der Waals surface area contributed by atoms with Crippen LogP contribution in [0.1, 0.15) is 143 Å². The zero-order chi connectivity index (χ0) is 50.0. The number of hydrogen-bond donors (Lipinski definition) is 0. The second kappa shape index (κ2) is 15.5. The van der Waals surface area contributed by atoms with Crippen LogP contribution in [0.2, 0.25) is 0 Å². The van der Waals surface area contributed by atoms with Crippen LogP contribution < -0.4 is 26.3 Å². The van der Waals surface area contributed by atoms with Gasteiger partial charge in [0.1, 0.15) is 0 Å². The fourth-order valence-corrected chi connectivity index (χ4v) is 14.8. The fraction of sp³-hybridized carbons (Fsp3) is 0.343. The molecule has 0 N–H and O–H groups in total. The zero-order valence-corrected chi connectivity index (χ0v) is 45.5. The predicted octanol–water partition coefficient (Wildman–Crippen LogP) is 17.1. The van der Waals surface area contributed by atoms with E-state index in [1.54, 1.807) is 0 Å². The Hall–Kier alpha value is -6.04. The van der Waals surface area contributed by atoms with Gasteiger partial charge in [-0.05, 0) is 171 Å². The minimum absolute atomic E-state index is 0.0202. The molecule has 72 heavy (non-hydrogen) atoms. The molecule has 7 aromatic carbocycles. The van der Waals surface area contributed by atoms with E-state index in [-0.39, 0.29) is 33.8 Å². The van der Waals surface area contributed by atoms with Crippen molar-refractivity contribution in [1.29, 1.82) is 0 Å². The topological polar surface area (TPSA) is 11.4 Å². The smallest absolute Gasteiger partial charge is 0.273 e. The molecule has 13 rings (SSSR count). The summed E-state index contributed by atoms with van der Waals surface area (Å²) in [6, 6.07) is 55.7. The fourth-order valence-electron chi connectivity index (χ4n) is 13.5. The molecule has 4 heterocycles. The highest BCUT2D eigenvalue weighted by molar-refractivity contribution is 7.26. The number of aromatic nitrogens is 1. The Bertz CT molecular complexity index is 3650. The first-order valence-corrected chi connectivity index (χ1v) is 27.7. The lowest BCUT2D eigenvalue weighted by Gasteiger charge is -2.45. The van der Waals surface area contributed by atoms with Crippen molar-refractivity contribution < 1.29 is 0 Å². The second-order valence-electron chi connectivity index (χ2n) is 26.4. The first-order chi connectivity index (χ1) is 34.2. The van der Waals surface area contributed by atoms with Crippen molar-refractivity contribution in [1.82, 2.24) is 4.57 Å². The normalized spacial score (nSPS) is 18.7. The highest BCUT2D eigenvalue weighted by Crippen LogP contribution is 2.58. The van der Waals surface area contributed by atoms with Crippen LogP contribution in [-0.4, -0.2) is 11.3 Å². The monoisotopic (exact) mass is 960 g/mol. The van der Waals surface area contributed by atoms with Crippen molar-refractivity contribution in [3.8, 4) is 5.69 Å². The van der Waals surface area contributed by atoms with Gasteiger partial charge < -0.3 is 14.4 Å². The van der Waals surface area contributed by atoms with Crippen LogP contribution in [0, 0.1) is 5.92 Å². The van der Waals surface area contributed by atoms with Gasteiger partial charge in [-0.2, -0.15) is 0 Å². The Balaban J connectivity index is 1.22. The summed E-state index contributed by atoms with van der Waals surface area (Å²) in [4.78, 5) is 5.43. The summed E-state index contributed by atoms with van der Waals surface area (Å²) in [6.45, 7) is 28.0. The van der Waals surface area contributed by atoms with Gasteiger partial charge in [0, 0.05) is 65.3 Å². The molecule has 2 fully saturated rings. The summed E-state index contributed by atoms with van der Waals surface area (Å²) in [6.07, 6.45) is 6.49. The molecule has 2 aromatic heterocycles. The summed E-state index contributed by atoms with van der Waals surface area (Å²) >= 11 is 1.96. The van der Waals surface area contributed by atoms with E-state index >= 15 is 0 Å². The van der Waals surface area contributed by atoms with Gasteiger partial charge in [-0.25, -0.2) is 0 Å².